The van der Waals surface area contributed by atoms with Crippen molar-refractivity contribution in [2.75, 3.05) is 6.67 Å². The van der Waals surface area contributed by atoms with E-state index < -0.39 is 12.2 Å². The van der Waals surface area contributed by atoms with Crippen molar-refractivity contribution < 1.29 is 19.1 Å². The molecule has 0 aromatic rings. The van der Waals surface area contributed by atoms with E-state index in [2.05, 4.69) is 10.6 Å². The Balaban J connectivity index is 1.53. The largest absolute Gasteiger partial charge is 0.446 e. The van der Waals surface area contributed by atoms with Gasteiger partial charge in [0.05, 0.1) is 6.67 Å². The van der Waals surface area contributed by atoms with Crippen molar-refractivity contribution in [3.05, 3.63) is 0 Å². The fourth-order valence-electron chi connectivity index (χ4n) is 2.94. The average molecular weight is 298 g/mol. The van der Waals surface area contributed by atoms with Gasteiger partial charge < -0.3 is 20.1 Å². The number of carbonyl (C=O) groups excluding carboxylic acids is 2. The molecule has 2 aliphatic carbocycles. The topological polar surface area (TPSA) is 76.7 Å². The van der Waals surface area contributed by atoms with Crippen LogP contribution < -0.4 is 10.6 Å². The minimum absolute atomic E-state index is 0.0212. The van der Waals surface area contributed by atoms with Crippen LogP contribution in [0.4, 0.5) is 9.59 Å². The van der Waals surface area contributed by atoms with E-state index in [1.807, 2.05) is 0 Å². The first-order valence-corrected chi connectivity index (χ1v) is 8.13. The number of hydrogen-bond donors (Lipinski definition) is 2. The Morgan fingerprint density at radius 2 is 1.10 bits per heavy atom. The molecule has 2 aliphatic rings. The summed E-state index contributed by atoms with van der Waals surface area (Å²) in [6, 6.07) is 0. The minimum atomic E-state index is -0.472. The van der Waals surface area contributed by atoms with Crippen LogP contribution in [0, 0.1) is 0 Å². The summed E-state index contributed by atoms with van der Waals surface area (Å²) >= 11 is 0. The van der Waals surface area contributed by atoms with Crippen LogP contribution in [0.3, 0.4) is 0 Å². The van der Waals surface area contributed by atoms with Crippen molar-refractivity contribution in [1.29, 1.82) is 0 Å². The van der Waals surface area contributed by atoms with Gasteiger partial charge in [-0.15, -0.1) is 0 Å². The average Bonchev–Trinajstić information content (AvgIpc) is 2.49. The molecular formula is C15H26N2O4. The quantitative estimate of drug-likeness (QED) is 0.782. The highest BCUT2D eigenvalue weighted by Gasteiger charge is 2.19. The van der Waals surface area contributed by atoms with Crippen molar-refractivity contribution in [2.24, 2.45) is 0 Å². The second-order valence-electron chi connectivity index (χ2n) is 5.86. The third-order valence-corrected chi connectivity index (χ3v) is 4.12. The monoisotopic (exact) mass is 298 g/mol. The number of rotatable bonds is 4. The van der Waals surface area contributed by atoms with Gasteiger partial charge in [0, 0.05) is 0 Å². The molecule has 2 amide bonds. The maximum atomic E-state index is 11.6. The lowest BCUT2D eigenvalue weighted by Crippen LogP contribution is -2.40. The molecule has 6 nitrogen and oxygen atoms in total. The third kappa shape index (κ3) is 6.23. The van der Waals surface area contributed by atoms with Crippen LogP contribution in [0.1, 0.15) is 64.2 Å². The molecular weight excluding hydrogens is 272 g/mol. The zero-order valence-corrected chi connectivity index (χ0v) is 12.6. The first-order valence-electron chi connectivity index (χ1n) is 8.13. The van der Waals surface area contributed by atoms with Crippen LogP contribution in [0.15, 0.2) is 0 Å². The molecule has 120 valence electrons. The van der Waals surface area contributed by atoms with Gasteiger partial charge in [-0.3, -0.25) is 0 Å². The van der Waals surface area contributed by atoms with Gasteiger partial charge in [0.25, 0.3) is 0 Å². The molecule has 2 rings (SSSR count). The summed E-state index contributed by atoms with van der Waals surface area (Å²) in [5.74, 6) is 0. The van der Waals surface area contributed by atoms with Gasteiger partial charge in [0.15, 0.2) is 0 Å². The smallest absolute Gasteiger partial charge is 0.408 e. The fourth-order valence-corrected chi connectivity index (χ4v) is 2.94. The summed E-state index contributed by atoms with van der Waals surface area (Å²) in [5.41, 5.74) is 0. The van der Waals surface area contributed by atoms with Crippen molar-refractivity contribution in [3.8, 4) is 0 Å². The second-order valence-corrected chi connectivity index (χ2v) is 5.86. The van der Waals surface area contributed by atoms with Gasteiger partial charge in [-0.25, -0.2) is 9.59 Å². The van der Waals surface area contributed by atoms with E-state index in [4.69, 9.17) is 9.47 Å². The van der Waals surface area contributed by atoms with E-state index in [0.717, 1.165) is 51.4 Å². The standard InChI is InChI=1S/C15H26N2O4/c18-14(20-12-7-3-1-4-8-12)16-11-17-15(19)21-13-9-5-2-6-10-13/h12-13H,1-11H2,(H,16,18)(H,17,19). The minimum Gasteiger partial charge on any atom is -0.446 e. The molecule has 2 saturated carbocycles. The Bertz CT molecular complexity index is 305. The molecule has 21 heavy (non-hydrogen) atoms. The van der Waals surface area contributed by atoms with E-state index in [0.29, 0.717) is 0 Å². The number of nitrogens with one attached hydrogen (secondary N) is 2. The van der Waals surface area contributed by atoms with Gasteiger partial charge in [-0.2, -0.15) is 0 Å². The normalized spacial score (nSPS) is 20.6. The first-order chi connectivity index (χ1) is 10.2. The molecule has 6 heteroatoms. The van der Waals surface area contributed by atoms with Crippen molar-refractivity contribution in [2.45, 2.75) is 76.4 Å². The molecule has 0 saturated heterocycles. The summed E-state index contributed by atoms with van der Waals surface area (Å²) in [5, 5.41) is 5.05. The molecule has 0 spiro atoms. The molecule has 2 fully saturated rings. The lowest BCUT2D eigenvalue weighted by molar-refractivity contribution is 0.0696. The highest BCUT2D eigenvalue weighted by molar-refractivity contribution is 5.70. The van der Waals surface area contributed by atoms with Crippen LogP contribution in [0.2, 0.25) is 0 Å². The van der Waals surface area contributed by atoms with Crippen molar-refractivity contribution in [3.63, 3.8) is 0 Å². The highest BCUT2D eigenvalue weighted by atomic mass is 16.6. The van der Waals surface area contributed by atoms with Crippen molar-refractivity contribution >= 4 is 12.2 Å². The van der Waals surface area contributed by atoms with E-state index in [9.17, 15) is 9.59 Å². The number of carbonyl (C=O) groups is 2. The number of ether oxygens (including phenoxy) is 2. The molecule has 2 N–H and O–H groups in total. The Labute approximate surface area is 125 Å². The molecule has 0 radical (unpaired) electrons. The number of hydrogen-bond acceptors (Lipinski definition) is 4. The molecule has 0 heterocycles. The highest BCUT2D eigenvalue weighted by Crippen LogP contribution is 2.21. The zero-order valence-electron chi connectivity index (χ0n) is 12.6. The van der Waals surface area contributed by atoms with Gasteiger partial charge in [-0.1, -0.05) is 12.8 Å². The molecule has 0 aliphatic heterocycles. The molecule has 0 aromatic carbocycles. The molecule has 0 atom stereocenters. The Kier molecular flexibility index (Phi) is 6.63. The Morgan fingerprint density at radius 3 is 1.48 bits per heavy atom. The first kappa shape index (κ1) is 15.9. The zero-order chi connectivity index (χ0) is 14.9. The summed E-state index contributed by atoms with van der Waals surface area (Å²) in [6.07, 6.45) is 9.73. The number of amides is 2. The summed E-state index contributed by atoms with van der Waals surface area (Å²) in [4.78, 5) is 23.1. The predicted molar refractivity (Wildman–Crippen MR) is 77.8 cm³/mol. The van der Waals surface area contributed by atoms with Crippen LogP contribution in [0.5, 0.6) is 0 Å². The summed E-state index contributed by atoms with van der Waals surface area (Å²) in [7, 11) is 0. The summed E-state index contributed by atoms with van der Waals surface area (Å²) in [6.45, 7) is 0.0388. The van der Waals surface area contributed by atoms with E-state index >= 15 is 0 Å². The van der Waals surface area contributed by atoms with Crippen LogP contribution >= 0.6 is 0 Å². The van der Waals surface area contributed by atoms with Crippen LogP contribution in [-0.2, 0) is 9.47 Å². The number of alkyl carbamates (subject to hydrolysis) is 2. The lowest BCUT2D eigenvalue weighted by atomic mass is 9.98. The van der Waals surface area contributed by atoms with Crippen LogP contribution in [0.25, 0.3) is 0 Å². The Hall–Kier alpha value is -1.46. The fraction of sp³-hybridized carbons (Fsp3) is 0.867. The van der Waals surface area contributed by atoms with E-state index in [-0.39, 0.29) is 18.9 Å². The van der Waals surface area contributed by atoms with E-state index in [1.165, 1.54) is 12.8 Å². The maximum absolute atomic E-state index is 11.6. The van der Waals surface area contributed by atoms with E-state index in [1.54, 1.807) is 0 Å². The second kappa shape index (κ2) is 8.74. The molecule has 0 aromatic heterocycles. The SMILES string of the molecule is O=C(NCNC(=O)OC1CCCCC1)OC1CCCCC1. The third-order valence-electron chi connectivity index (χ3n) is 4.12. The van der Waals surface area contributed by atoms with Crippen LogP contribution in [-0.4, -0.2) is 31.1 Å². The molecule has 0 bridgehead atoms. The van der Waals surface area contributed by atoms with Gasteiger partial charge >= 0.3 is 12.2 Å². The molecule has 0 unspecified atom stereocenters. The van der Waals surface area contributed by atoms with Gasteiger partial charge in [0.2, 0.25) is 0 Å². The maximum Gasteiger partial charge on any atom is 0.408 e. The summed E-state index contributed by atoms with van der Waals surface area (Å²) < 4.78 is 10.6. The van der Waals surface area contributed by atoms with Gasteiger partial charge in [-0.05, 0) is 51.4 Å². The van der Waals surface area contributed by atoms with Gasteiger partial charge in [0.1, 0.15) is 12.2 Å². The predicted octanol–water partition coefficient (Wildman–Crippen LogP) is 3.06. The lowest BCUT2D eigenvalue weighted by Gasteiger charge is -2.23. The van der Waals surface area contributed by atoms with Crippen molar-refractivity contribution in [1.82, 2.24) is 10.6 Å². The Morgan fingerprint density at radius 1 is 0.714 bits per heavy atom.